The lowest BCUT2D eigenvalue weighted by molar-refractivity contribution is 0.114. The highest BCUT2D eigenvalue weighted by Gasteiger charge is 2.13. The first-order chi connectivity index (χ1) is 4.48. The van der Waals surface area contributed by atoms with Gasteiger partial charge in [-0.2, -0.15) is 0 Å². The van der Waals surface area contributed by atoms with E-state index in [2.05, 4.69) is 6.58 Å². The van der Waals surface area contributed by atoms with Gasteiger partial charge in [0.1, 0.15) is 0 Å². The van der Waals surface area contributed by atoms with Crippen LogP contribution in [0.3, 0.4) is 0 Å². The molecular formula is C9H16O. The molecule has 1 heteroatoms. The van der Waals surface area contributed by atoms with Gasteiger partial charge in [-0.1, -0.05) is 17.7 Å². The first-order valence-electron chi connectivity index (χ1n) is 3.47. The third-order valence-electron chi connectivity index (χ3n) is 1.16. The van der Waals surface area contributed by atoms with Gasteiger partial charge in [0, 0.05) is 0 Å². The largest absolute Gasteiger partial charge is 0.386 e. The summed E-state index contributed by atoms with van der Waals surface area (Å²) in [4.78, 5) is 0. The van der Waals surface area contributed by atoms with E-state index in [4.69, 9.17) is 0 Å². The summed E-state index contributed by atoms with van der Waals surface area (Å²) in [6.07, 6.45) is 4.17. The molecule has 1 N–H and O–H groups in total. The van der Waals surface area contributed by atoms with Gasteiger partial charge >= 0.3 is 0 Å². The van der Waals surface area contributed by atoms with E-state index in [9.17, 15) is 5.11 Å². The molecule has 1 atom stereocenters. The van der Waals surface area contributed by atoms with Crippen molar-refractivity contribution in [1.82, 2.24) is 0 Å². The van der Waals surface area contributed by atoms with Crippen LogP contribution in [0.5, 0.6) is 0 Å². The van der Waals surface area contributed by atoms with E-state index < -0.39 is 5.60 Å². The van der Waals surface area contributed by atoms with E-state index >= 15 is 0 Å². The molecule has 10 heavy (non-hydrogen) atoms. The summed E-state index contributed by atoms with van der Waals surface area (Å²) < 4.78 is 0. The highest BCUT2D eigenvalue weighted by molar-refractivity contribution is 5.06. The molecule has 0 aromatic heterocycles. The van der Waals surface area contributed by atoms with Crippen LogP contribution in [-0.4, -0.2) is 10.7 Å². The maximum Gasteiger partial charge on any atom is 0.0836 e. The lowest BCUT2D eigenvalue weighted by Gasteiger charge is -2.16. The normalized spacial score (nSPS) is 15.6. The quantitative estimate of drug-likeness (QED) is 0.596. The summed E-state index contributed by atoms with van der Waals surface area (Å²) in [6.45, 7) is 9.28. The molecule has 0 rings (SSSR count). The van der Waals surface area contributed by atoms with Crippen LogP contribution >= 0.6 is 0 Å². The summed E-state index contributed by atoms with van der Waals surface area (Å²) in [7, 11) is 0. The molecule has 0 aliphatic carbocycles. The molecule has 1 unspecified atom stereocenters. The van der Waals surface area contributed by atoms with Crippen LogP contribution in [0.4, 0.5) is 0 Å². The van der Waals surface area contributed by atoms with Gasteiger partial charge in [-0.3, -0.25) is 0 Å². The van der Waals surface area contributed by atoms with E-state index in [1.807, 2.05) is 19.9 Å². The Morgan fingerprint density at radius 2 is 2.10 bits per heavy atom. The van der Waals surface area contributed by atoms with Crippen molar-refractivity contribution in [2.24, 2.45) is 0 Å². The van der Waals surface area contributed by atoms with Crippen LogP contribution in [0.2, 0.25) is 0 Å². The zero-order valence-corrected chi connectivity index (χ0v) is 7.02. The minimum absolute atomic E-state index is 0.609. The van der Waals surface area contributed by atoms with Crippen molar-refractivity contribution in [3.05, 3.63) is 24.3 Å². The zero-order valence-electron chi connectivity index (χ0n) is 7.02. The van der Waals surface area contributed by atoms with Crippen molar-refractivity contribution in [2.45, 2.75) is 32.8 Å². The minimum atomic E-state index is -0.708. The van der Waals surface area contributed by atoms with Gasteiger partial charge < -0.3 is 5.11 Å². The van der Waals surface area contributed by atoms with E-state index in [-0.39, 0.29) is 0 Å². The van der Waals surface area contributed by atoms with Crippen LogP contribution in [0.1, 0.15) is 27.2 Å². The summed E-state index contributed by atoms with van der Waals surface area (Å²) in [5, 5.41) is 9.54. The van der Waals surface area contributed by atoms with Gasteiger partial charge in [-0.25, -0.2) is 0 Å². The average molecular weight is 140 g/mol. The molecule has 0 bridgehead atoms. The lowest BCUT2D eigenvalue weighted by Crippen LogP contribution is -2.19. The van der Waals surface area contributed by atoms with Crippen LogP contribution in [0, 0.1) is 0 Å². The molecule has 0 spiro atoms. The number of allylic oxidation sites excluding steroid dienone is 1. The molecule has 58 valence electrons. The van der Waals surface area contributed by atoms with Crippen LogP contribution in [-0.2, 0) is 0 Å². The lowest BCUT2D eigenvalue weighted by atomic mass is 10.00. The molecule has 0 aromatic rings. The van der Waals surface area contributed by atoms with Gasteiger partial charge in [-0.05, 0) is 27.2 Å². The fourth-order valence-corrected chi connectivity index (χ4v) is 0.973. The maximum atomic E-state index is 9.54. The van der Waals surface area contributed by atoms with Crippen molar-refractivity contribution in [2.75, 3.05) is 0 Å². The standard InChI is InChI=1S/C9H16O/c1-5-6-9(4,10)7-8(2)3/h5,7,10H,1,6H2,2-4H3. The summed E-state index contributed by atoms with van der Waals surface area (Å²) in [6, 6.07) is 0. The second-order valence-corrected chi connectivity index (χ2v) is 3.07. The second kappa shape index (κ2) is 3.57. The van der Waals surface area contributed by atoms with Crippen LogP contribution in [0.15, 0.2) is 24.3 Å². The fraction of sp³-hybridized carbons (Fsp3) is 0.556. The van der Waals surface area contributed by atoms with Crippen molar-refractivity contribution in [3.8, 4) is 0 Å². The zero-order chi connectivity index (χ0) is 8.20. The molecule has 0 saturated carbocycles. The Labute approximate surface area is 63.1 Å². The number of hydrogen-bond acceptors (Lipinski definition) is 1. The van der Waals surface area contributed by atoms with E-state index in [0.717, 1.165) is 5.57 Å². The van der Waals surface area contributed by atoms with E-state index in [0.29, 0.717) is 6.42 Å². The third-order valence-corrected chi connectivity index (χ3v) is 1.16. The fourth-order valence-electron chi connectivity index (χ4n) is 0.973. The SMILES string of the molecule is C=CCC(C)(O)C=C(C)C. The molecule has 1 nitrogen and oxygen atoms in total. The molecule has 0 aliphatic heterocycles. The highest BCUT2D eigenvalue weighted by Crippen LogP contribution is 2.13. The van der Waals surface area contributed by atoms with E-state index in [1.165, 1.54) is 0 Å². The minimum Gasteiger partial charge on any atom is -0.386 e. The molecule has 0 heterocycles. The first-order valence-corrected chi connectivity index (χ1v) is 3.47. The highest BCUT2D eigenvalue weighted by atomic mass is 16.3. The number of rotatable bonds is 3. The maximum absolute atomic E-state index is 9.54. The van der Waals surface area contributed by atoms with Gasteiger partial charge in [0.15, 0.2) is 0 Å². The Balaban J connectivity index is 4.11. The van der Waals surface area contributed by atoms with Gasteiger partial charge in [0.2, 0.25) is 0 Å². The Hall–Kier alpha value is -0.560. The Kier molecular flexibility index (Phi) is 3.37. The molecule has 0 fully saturated rings. The Morgan fingerprint density at radius 3 is 2.40 bits per heavy atom. The van der Waals surface area contributed by atoms with Gasteiger partial charge in [-0.15, -0.1) is 6.58 Å². The molecule has 0 amide bonds. The Bertz CT molecular complexity index is 139. The van der Waals surface area contributed by atoms with Gasteiger partial charge in [0.25, 0.3) is 0 Å². The van der Waals surface area contributed by atoms with E-state index in [1.54, 1.807) is 13.0 Å². The van der Waals surface area contributed by atoms with Crippen molar-refractivity contribution < 1.29 is 5.11 Å². The molecule has 0 radical (unpaired) electrons. The predicted octanol–water partition coefficient (Wildman–Crippen LogP) is 2.28. The van der Waals surface area contributed by atoms with Gasteiger partial charge in [0.05, 0.1) is 5.60 Å². The van der Waals surface area contributed by atoms with Crippen LogP contribution in [0.25, 0.3) is 0 Å². The van der Waals surface area contributed by atoms with Crippen molar-refractivity contribution in [3.63, 3.8) is 0 Å². The molecule has 0 saturated heterocycles. The third kappa shape index (κ3) is 4.33. The summed E-state index contributed by atoms with van der Waals surface area (Å²) in [5.74, 6) is 0. The monoisotopic (exact) mass is 140 g/mol. The predicted molar refractivity (Wildman–Crippen MR) is 44.9 cm³/mol. The summed E-state index contributed by atoms with van der Waals surface area (Å²) in [5.41, 5.74) is 0.424. The van der Waals surface area contributed by atoms with Crippen LogP contribution < -0.4 is 0 Å². The average Bonchev–Trinajstić information content (AvgIpc) is 1.59. The molecule has 0 aromatic carbocycles. The topological polar surface area (TPSA) is 20.2 Å². The number of aliphatic hydroxyl groups is 1. The van der Waals surface area contributed by atoms with Crippen molar-refractivity contribution >= 4 is 0 Å². The molecular weight excluding hydrogens is 124 g/mol. The second-order valence-electron chi connectivity index (χ2n) is 3.07. The van der Waals surface area contributed by atoms with Crippen molar-refractivity contribution in [1.29, 1.82) is 0 Å². The summed E-state index contributed by atoms with van der Waals surface area (Å²) >= 11 is 0. The molecule has 0 aliphatic rings. The first kappa shape index (κ1) is 9.44. The number of hydrogen-bond donors (Lipinski definition) is 1. The smallest absolute Gasteiger partial charge is 0.0836 e. The Morgan fingerprint density at radius 1 is 1.60 bits per heavy atom.